The molecule has 0 aliphatic carbocycles. The predicted octanol–water partition coefficient (Wildman–Crippen LogP) is 3.93. The number of halogens is 1. The average Bonchev–Trinajstić information content (AvgIpc) is 3.29. The minimum absolute atomic E-state index is 0.238. The number of nitrogens with one attached hydrogen (secondary N) is 2. The third kappa shape index (κ3) is 3.98. The van der Waals surface area contributed by atoms with Crippen molar-refractivity contribution in [2.75, 3.05) is 5.32 Å². The Bertz CT molecular complexity index is 1220. The molecule has 9 heteroatoms. The summed E-state index contributed by atoms with van der Waals surface area (Å²) in [6.45, 7) is 2.06. The molecule has 29 heavy (non-hydrogen) atoms. The zero-order chi connectivity index (χ0) is 20.4. The van der Waals surface area contributed by atoms with E-state index >= 15 is 0 Å². The summed E-state index contributed by atoms with van der Waals surface area (Å²) in [5.41, 5.74) is 1.87. The van der Waals surface area contributed by atoms with E-state index in [0.29, 0.717) is 31.9 Å². The topological polar surface area (TPSA) is 88.4 Å². The highest BCUT2D eigenvalue weighted by molar-refractivity contribution is 7.18. The molecule has 4 rings (SSSR count). The van der Waals surface area contributed by atoms with Crippen LogP contribution in [0.15, 0.2) is 54.7 Å². The number of benzene rings is 1. The Labute approximate surface area is 175 Å². The van der Waals surface area contributed by atoms with Gasteiger partial charge < -0.3 is 10.6 Å². The first kappa shape index (κ1) is 19.1. The SMILES string of the molecule is Cc1cc(NC(=O)c2ccccc2Cl)sc1C(=O)NCc1nnc2ccccn12. The quantitative estimate of drug-likeness (QED) is 0.507. The van der Waals surface area contributed by atoms with Crippen LogP contribution < -0.4 is 10.6 Å². The average molecular weight is 426 g/mol. The van der Waals surface area contributed by atoms with Crippen molar-refractivity contribution in [2.24, 2.45) is 0 Å². The number of thiophene rings is 1. The Morgan fingerprint density at radius 3 is 2.72 bits per heavy atom. The number of aryl methyl sites for hydroxylation is 1. The van der Waals surface area contributed by atoms with Gasteiger partial charge in [0.2, 0.25) is 0 Å². The number of hydrogen-bond donors (Lipinski definition) is 2. The van der Waals surface area contributed by atoms with Gasteiger partial charge in [0.25, 0.3) is 11.8 Å². The van der Waals surface area contributed by atoms with Crippen LogP contribution >= 0.6 is 22.9 Å². The zero-order valence-electron chi connectivity index (χ0n) is 15.3. The number of amides is 2. The number of carbonyl (C=O) groups excluding carboxylic acids is 2. The lowest BCUT2D eigenvalue weighted by molar-refractivity contribution is 0.0952. The van der Waals surface area contributed by atoms with Crippen LogP contribution in [0.1, 0.15) is 31.4 Å². The summed E-state index contributed by atoms with van der Waals surface area (Å²) < 4.78 is 1.82. The van der Waals surface area contributed by atoms with Crippen molar-refractivity contribution in [2.45, 2.75) is 13.5 Å². The minimum Gasteiger partial charge on any atom is -0.344 e. The lowest BCUT2D eigenvalue weighted by Gasteiger charge is -2.04. The Hall–Kier alpha value is -3.23. The van der Waals surface area contributed by atoms with Gasteiger partial charge in [0.1, 0.15) is 0 Å². The molecule has 4 aromatic rings. The number of pyridine rings is 1. The molecular formula is C20H16ClN5O2S. The van der Waals surface area contributed by atoms with E-state index in [1.165, 1.54) is 11.3 Å². The van der Waals surface area contributed by atoms with Crippen molar-refractivity contribution in [3.8, 4) is 0 Å². The maximum absolute atomic E-state index is 12.6. The fraction of sp³-hybridized carbons (Fsp3) is 0.100. The normalized spacial score (nSPS) is 10.8. The van der Waals surface area contributed by atoms with Crippen LogP contribution in [-0.4, -0.2) is 26.4 Å². The number of nitrogens with zero attached hydrogens (tertiary/aromatic N) is 3. The fourth-order valence-electron chi connectivity index (χ4n) is 2.84. The first-order valence-electron chi connectivity index (χ1n) is 8.76. The maximum Gasteiger partial charge on any atom is 0.262 e. The second-order valence-corrected chi connectivity index (χ2v) is 7.74. The van der Waals surface area contributed by atoms with Gasteiger partial charge in [-0.15, -0.1) is 21.5 Å². The first-order chi connectivity index (χ1) is 14.0. The molecule has 7 nitrogen and oxygen atoms in total. The molecule has 0 saturated heterocycles. The molecule has 3 heterocycles. The molecule has 1 aromatic carbocycles. The van der Waals surface area contributed by atoms with E-state index in [9.17, 15) is 9.59 Å². The summed E-state index contributed by atoms with van der Waals surface area (Å²) in [6.07, 6.45) is 1.84. The van der Waals surface area contributed by atoms with Gasteiger partial charge in [-0.1, -0.05) is 29.8 Å². The van der Waals surface area contributed by atoms with Crippen LogP contribution in [0.25, 0.3) is 5.65 Å². The van der Waals surface area contributed by atoms with Gasteiger partial charge in [-0.05, 0) is 42.8 Å². The van der Waals surface area contributed by atoms with E-state index in [1.807, 2.05) is 35.7 Å². The smallest absolute Gasteiger partial charge is 0.262 e. The van der Waals surface area contributed by atoms with Crippen LogP contribution in [0.4, 0.5) is 5.00 Å². The number of rotatable bonds is 5. The van der Waals surface area contributed by atoms with Gasteiger partial charge in [-0.2, -0.15) is 0 Å². The second kappa shape index (κ2) is 8.02. The van der Waals surface area contributed by atoms with E-state index in [-0.39, 0.29) is 18.4 Å². The molecule has 0 radical (unpaired) electrons. The summed E-state index contributed by atoms with van der Waals surface area (Å²) in [7, 11) is 0. The maximum atomic E-state index is 12.6. The van der Waals surface area contributed by atoms with E-state index in [2.05, 4.69) is 20.8 Å². The lowest BCUT2D eigenvalue weighted by Crippen LogP contribution is -2.23. The van der Waals surface area contributed by atoms with Crippen LogP contribution in [-0.2, 0) is 6.54 Å². The lowest BCUT2D eigenvalue weighted by atomic mass is 10.2. The molecule has 0 unspecified atom stereocenters. The van der Waals surface area contributed by atoms with E-state index in [1.54, 1.807) is 30.3 Å². The number of hydrogen-bond acceptors (Lipinski definition) is 5. The molecular weight excluding hydrogens is 410 g/mol. The molecule has 0 atom stereocenters. The van der Waals surface area contributed by atoms with E-state index in [4.69, 9.17) is 11.6 Å². The second-order valence-electron chi connectivity index (χ2n) is 6.28. The van der Waals surface area contributed by atoms with Gasteiger partial charge in [-0.3, -0.25) is 14.0 Å². The molecule has 0 aliphatic rings. The number of anilines is 1. The number of aromatic nitrogens is 3. The summed E-state index contributed by atoms with van der Waals surface area (Å²) >= 11 is 7.28. The van der Waals surface area contributed by atoms with Crippen molar-refractivity contribution in [1.29, 1.82) is 0 Å². The van der Waals surface area contributed by atoms with E-state index in [0.717, 1.165) is 5.56 Å². The van der Waals surface area contributed by atoms with Gasteiger partial charge in [0, 0.05) is 6.20 Å². The molecule has 3 aromatic heterocycles. The monoisotopic (exact) mass is 425 g/mol. The highest BCUT2D eigenvalue weighted by atomic mass is 35.5. The summed E-state index contributed by atoms with van der Waals surface area (Å²) in [4.78, 5) is 25.6. The van der Waals surface area contributed by atoms with Gasteiger partial charge in [0.15, 0.2) is 11.5 Å². The zero-order valence-corrected chi connectivity index (χ0v) is 16.9. The summed E-state index contributed by atoms with van der Waals surface area (Å²) in [5, 5.41) is 14.8. The van der Waals surface area contributed by atoms with Crippen LogP contribution in [0.3, 0.4) is 0 Å². The molecule has 0 spiro atoms. The van der Waals surface area contributed by atoms with Crippen LogP contribution in [0.2, 0.25) is 5.02 Å². The molecule has 2 amide bonds. The highest BCUT2D eigenvalue weighted by Gasteiger charge is 2.17. The largest absolute Gasteiger partial charge is 0.344 e. The first-order valence-corrected chi connectivity index (χ1v) is 9.95. The Kier molecular flexibility index (Phi) is 5.28. The molecule has 0 saturated carbocycles. The van der Waals surface area contributed by atoms with Gasteiger partial charge >= 0.3 is 0 Å². The van der Waals surface area contributed by atoms with Gasteiger partial charge in [-0.25, -0.2) is 0 Å². The molecule has 0 bridgehead atoms. The number of carbonyl (C=O) groups is 2. The van der Waals surface area contributed by atoms with Crippen molar-refractivity contribution in [1.82, 2.24) is 19.9 Å². The third-order valence-electron chi connectivity index (χ3n) is 4.27. The van der Waals surface area contributed by atoms with E-state index < -0.39 is 0 Å². The predicted molar refractivity (Wildman–Crippen MR) is 113 cm³/mol. The molecule has 0 fully saturated rings. The van der Waals surface area contributed by atoms with Gasteiger partial charge in [0.05, 0.1) is 27.0 Å². The fourth-order valence-corrected chi connectivity index (χ4v) is 4.05. The van der Waals surface area contributed by atoms with Crippen LogP contribution in [0.5, 0.6) is 0 Å². The standard InChI is InChI=1S/C20H16ClN5O2S/c1-12-10-17(23-19(27)13-6-2-3-7-14(13)21)29-18(12)20(28)22-11-16-25-24-15-8-4-5-9-26(15)16/h2-10H,11H2,1H3,(H,22,28)(H,23,27). The Morgan fingerprint density at radius 2 is 1.90 bits per heavy atom. The summed E-state index contributed by atoms with van der Waals surface area (Å²) in [6, 6.07) is 14.2. The van der Waals surface area contributed by atoms with Crippen molar-refractivity contribution in [3.63, 3.8) is 0 Å². The van der Waals surface area contributed by atoms with Crippen molar-refractivity contribution in [3.05, 3.63) is 81.6 Å². The minimum atomic E-state index is -0.321. The highest BCUT2D eigenvalue weighted by Crippen LogP contribution is 2.28. The van der Waals surface area contributed by atoms with Crippen molar-refractivity contribution < 1.29 is 9.59 Å². The number of fused-ring (bicyclic) bond motifs is 1. The Balaban J connectivity index is 1.45. The van der Waals surface area contributed by atoms with Crippen molar-refractivity contribution >= 4 is 45.4 Å². The Morgan fingerprint density at radius 1 is 1.10 bits per heavy atom. The summed E-state index contributed by atoms with van der Waals surface area (Å²) in [5.74, 6) is 0.0765. The molecule has 0 aliphatic heterocycles. The third-order valence-corrected chi connectivity index (χ3v) is 5.75. The molecule has 146 valence electrons. The molecule has 2 N–H and O–H groups in total. The van der Waals surface area contributed by atoms with Crippen LogP contribution in [0, 0.1) is 6.92 Å².